The molecule has 1 saturated carbocycles. The van der Waals surface area contributed by atoms with E-state index in [2.05, 4.69) is 37.5 Å². The van der Waals surface area contributed by atoms with Gasteiger partial charge in [0.1, 0.15) is 0 Å². The van der Waals surface area contributed by atoms with E-state index in [1.54, 1.807) is 0 Å². The summed E-state index contributed by atoms with van der Waals surface area (Å²) in [5.41, 5.74) is 2.11. The van der Waals surface area contributed by atoms with E-state index in [0.717, 1.165) is 24.2 Å². The summed E-state index contributed by atoms with van der Waals surface area (Å²) in [6.45, 7) is 7.46. The summed E-state index contributed by atoms with van der Waals surface area (Å²) in [6.07, 6.45) is 6.04. The molecule has 0 heterocycles. The molecule has 1 amide bonds. The van der Waals surface area contributed by atoms with Crippen LogP contribution in [0.3, 0.4) is 0 Å². The smallest absolute Gasteiger partial charge is 0.251 e. The molecule has 1 aromatic rings. The van der Waals surface area contributed by atoms with Crippen LogP contribution in [-0.4, -0.2) is 18.5 Å². The van der Waals surface area contributed by atoms with Crippen molar-refractivity contribution in [2.45, 2.75) is 58.9 Å². The van der Waals surface area contributed by atoms with Gasteiger partial charge in [0.2, 0.25) is 0 Å². The SMILES string of the molecule is CCCNC(=O)c1cccc(NC2CCCCC2(C)C)c1. The summed E-state index contributed by atoms with van der Waals surface area (Å²) in [6, 6.07) is 8.35. The van der Waals surface area contributed by atoms with Gasteiger partial charge in [-0.1, -0.05) is 39.7 Å². The minimum absolute atomic E-state index is 0.0170. The Labute approximate surface area is 128 Å². The molecule has 0 aliphatic heterocycles. The third-order valence-corrected chi connectivity index (χ3v) is 4.51. The molecular weight excluding hydrogens is 260 g/mol. The molecule has 0 spiro atoms. The molecule has 0 radical (unpaired) electrons. The Bertz CT molecular complexity index is 482. The molecule has 1 aliphatic rings. The fourth-order valence-corrected chi connectivity index (χ4v) is 3.05. The van der Waals surface area contributed by atoms with E-state index < -0.39 is 0 Å². The second-order valence-corrected chi connectivity index (χ2v) is 6.77. The Morgan fingerprint density at radius 1 is 1.33 bits per heavy atom. The number of carbonyl (C=O) groups is 1. The minimum Gasteiger partial charge on any atom is -0.382 e. The molecule has 1 fully saturated rings. The summed E-state index contributed by atoms with van der Waals surface area (Å²) in [5.74, 6) is 0.0170. The van der Waals surface area contributed by atoms with Gasteiger partial charge in [0.25, 0.3) is 5.91 Å². The molecule has 0 bridgehead atoms. The summed E-state index contributed by atoms with van der Waals surface area (Å²) in [4.78, 5) is 12.0. The molecule has 116 valence electrons. The highest BCUT2D eigenvalue weighted by molar-refractivity contribution is 5.95. The van der Waals surface area contributed by atoms with Crippen molar-refractivity contribution in [3.63, 3.8) is 0 Å². The zero-order valence-corrected chi connectivity index (χ0v) is 13.5. The summed E-state index contributed by atoms with van der Waals surface area (Å²) >= 11 is 0. The van der Waals surface area contributed by atoms with Gasteiger partial charge in [0, 0.05) is 23.8 Å². The molecule has 1 aliphatic carbocycles. The molecule has 2 rings (SSSR count). The molecule has 1 unspecified atom stereocenters. The highest BCUT2D eigenvalue weighted by Gasteiger charge is 2.31. The van der Waals surface area contributed by atoms with Crippen LogP contribution in [0.15, 0.2) is 24.3 Å². The first kappa shape index (κ1) is 15.9. The third kappa shape index (κ3) is 4.23. The standard InChI is InChI=1S/C18H28N2O/c1-4-12-19-17(21)14-8-7-9-15(13-14)20-16-10-5-6-11-18(16,2)3/h7-9,13,16,20H,4-6,10-12H2,1-3H3,(H,19,21). The first-order chi connectivity index (χ1) is 10.0. The predicted octanol–water partition coefficient (Wildman–Crippen LogP) is 4.21. The summed E-state index contributed by atoms with van der Waals surface area (Å²) in [7, 11) is 0. The third-order valence-electron chi connectivity index (χ3n) is 4.51. The lowest BCUT2D eigenvalue weighted by Crippen LogP contribution is -2.38. The van der Waals surface area contributed by atoms with E-state index in [0.29, 0.717) is 11.5 Å². The Morgan fingerprint density at radius 2 is 2.14 bits per heavy atom. The zero-order chi connectivity index (χ0) is 15.3. The maximum absolute atomic E-state index is 12.0. The van der Waals surface area contributed by atoms with E-state index in [9.17, 15) is 4.79 Å². The number of hydrogen-bond acceptors (Lipinski definition) is 2. The van der Waals surface area contributed by atoms with Crippen LogP contribution in [0.5, 0.6) is 0 Å². The normalized spacial score (nSPS) is 20.8. The number of benzene rings is 1. The predicted molar refractivity (Wildman–Crippen MR) is 88.7 cm³/mol. The van der Waals surface area contributed by atoms with Crippen LogP contribution >= 0.6 is 0 Å². The van der Waals surface area contributed by atoms with Gasteiger partial charge >= 0.3 is 0 Å². The van der Waals surface area contributed by atoms with Crippen LogP contribution < -0.4 is 10.6 Å². The minimum atomic E-state index is 0.0170. The van der Waals surface area contributed by atoms with Crippen LogP contribution in [-0.2, 0) is 0 Å². The van der Waals surface area contributed by atoms with Crippen molar-refractivity contribution >= 4 is 11.6 Å². The lowest BCUT2D eigenvalue weighted by atomic mass is 9.73. The van der Waals surface area contributed by atoms with Gasteiger partial charge in [0.05, 0.1) is 0 Å². The number of amides is 1. The average Bonchev–Trinajstić information content (AvgIpc) is 2.47. The lowest BCUT2D eigenvalue weighted by molar-refractivity contribution is 0.0953. The molecule has 3 nitrogen and oxygen atoms in total. The highest BCUT2D eigenvalue weighted by atomic mass is 16.1. The fourth-order valence-electron chi connectivity index (χ4n) is 3.05. The Morgan fingerprint density at radius 3 is 2.86 bits per heavy atom. The quantitative estimate of drug-likeness (QED) is 0.852. The van der Waals surface area contributed by atoms with Gasteiger partial charge in [-0.05, 0) is 42.9 Å². The van der Waals surface area contributed by atoms with Crippen molar-refractivity contribution in [3.05, 3.63) is 29.8 Å². The lowest BCUT2D eigenvalue weighted by Gasteiger charge is -2.39. The largest absolute Gasteiger partial charge is 0.382 e. The van der Waals surface area contributed by atoms with Crippen molar-refractivity contribution < 1.29 is 4.79 Å². The summed E-state index contributed by atoms with van der Waals surface area (Å²) < 4.78 is 0. The number of nitrogens with one attached hydrogen (secondary N) is 2. The van der Waals surface area contributed by atoms with E-state index in [1.165, 1.54) is 25.7 Å². The van der Waals surface area contributed by atoms with Gasteiger partial charge in [-0.3, -0.25) is 4.79 Å². The Balaban J connectivity index is 2.05. The van der Waals surface area contributed by atoms with Crippen LogP contribution in [0.25, 0.3) is 0 Å². The highest BCUT2D eigenvalue weighted by Crippen LogP contribution is 2.37. The molecule has 21 heavy (non-hydrogen) atoms. The summed E-state index contributed by atoms with van der Waals surface area (Å²) in [5, 5.41) is 6.57. The molecule has 1 atom stereocenters. The van der Waals surface area contributed by atoms with Crippen LogP contribution in [0, 0.1) is 5.41 Å². The van der Waals surface area contributed by atoms with Crippen molar-refractivity contribution in [1.82, 2.24) is 5.32 Å². The molecule has 0 saturated heterocycles. The topological polar surface area (TPSA) is 41.1 Å². The van der Waals surface area contributed by atoms with E-state index in [-0.39, 0.29) is 5.91 Å². The molecule has 1 aromatic carbocycles. The van der Waals surface area contributed by atoms with E-state index in [4.69, 9.17) is 0 Å². The Hall–Kier alpha value is -1.51. The maximum Gasteiger partial charge on any atom is 0.251 e. The average molecular weight is 288 g/mol. The fraction of sp³-hybridized carbons (Fsp3) is 0.611. The molecule has 3 heteroatoms. The van der Waals surface area contributed by atoms with Gasteiger partial charge in [-0.2, -0.15) is 0 Å². The molecule has 2 N–H and O–H groups in total. The number of rotatable bonds is 5. The van der Waals surface area contributed by atoms with E-state index >= 15 is 0 Å². The second-order valence-electron chi connectivity index (χ2n) is 6.77. The van der Waals surface area contributed by atoms with Crippen LogP contribution in [0.2, 0.25) is 0 Å². The molecule has 0 aromatic heterocycles. The zero-order valence-electron chi connectivity index (χ0n) is 13.5. The Kier molecular flexibility index (Phi) is 5.27. The van der Waals surface area contributed by atoms with Gasteiger partial charge in [0.15, 0.2) is 0 Å². The van der Waals surface area contributed by atoms with Crippen molar-refractivity contribution in [2.75, 3.05) is 11.9 Å². The monoisotopic (exact) mass is 288 g/mol. The van der Waals surface area contributed by atoms with Gasteiger partial charge in [-0.25, -0.2) is 0 Å². The van der Waals surface area contributed by atoms with Gasteiger partial charge < -0.3 is 10.6 Å². The maximum atomic E-state index is 12.0. The van der Waals surface area contributed by atoms with Crippen LogP contribution in [0.4, 0.5) is 5.69 Å². The van der Waals surface area contributed by atoms with Crippen LogP contribution in [0.1, 0.15) is 63.2 Å². The van der Waals surface area contributed by atoms with Crippen molar-refractivity contribution in [3.8, 4) is 0 Å². The number of hydrogen-bond donors (Lipinski definition) is 2. The van der Waals surface area contributed by atoms with E-state index in [1.807, 2.05) is 18.2 Å². The van der Waals surface area contributed by atoms with Crippen molar-refractivity contribution in [2.24, 2.45) is 5.41 Å². The number of anilines is 1. The molecular formula is C18H28N2O. The second kappa shape index (κ2) is 6.97. The first-order valence-electron chi connectivity index (χ1n) is 8.18. The number of carbonyl (C=O) groups excluding carboxylic acids is 1. The first-order valence-corrected chi connectivity index (χ1v) is 8.18. The van der Waals surface area contributed by atoms with Gasteiger partial charge in [-0.15, -0.1) is 0 Å². The van der Waals surface area contributed by atoms with Crippen molar-refractivity contribution in [1.29, 1.82) is 0 Å².